The molecule has 1 aromatic carbocycles. The van der Waals surface area contributed by atoms with Crippen molar-refractivity contribution in [3.05, 3.63) is 29.1 Å². The maximum atomic E-state index is 13.2. The van der Waals surface area contributed by atoms with Gasteiger partial charge in [0.1, 0.15) is 11.6 Å². The van der Waals surface area contributed by atoms with Crippen molar-refractivity contribution in [1.82, 2.24) is 5.48 Å². The van der Waals surface area contributed by atoms with Gasteiger partial charge in [-0.3, -0.25) is 0 Å². The Kier molecular flexibility index (Phi) is 3.22. The number of nitrogens with one attached hydrogen (secondary N) is 1. The zero-order valence-electron chi connectivity index (χ0n) is 7.60. The van der Waals surface area contributed by atoms with Gasteiger partial charge in [-0.2, -0.15) is 0 Å². The van der Waals surface area contributed by atoms with Gasteiger partial charge in [0.2, 0.25) is 0 Å². The Hall–Kier alpha value is -1.13. The number of aryl methyl sites for hydroxylation is 1. The molecule has 0 aliphatic carbocycles. The van der Waals surface area contributed by atoms with E-state index in [1.165, 1.54) is 13.2 Å². The standard InChI is InChI=1S/C9H12FNO2/c1-6-3-7(5-11-12)8(10)4-9(6)13-2/h3-4,11-12H,5H2,1-2H3. The monoisotopic (exact) mass is 185 g/mol. The first-order valence-electron chi connectivity index (χ1n) is 3.89. The molecule has 3 nitrogen and oxygen atoms in total. The van der Waals surface area contributed by atoms with Gasteiger partial charge < -0.3 is 9.94 Å². The summed E-state index contributed by atoms with van der Waals surface area (Å²) < 4.78 is 18.1. The van der Waals surface area contributed by atoms with E-state index in [9.17, 15) is 4.39 Å². The minimum atomic E-state index is -0.385. The van der Waals surface area contributed by atoms with E-state index < -0.39 is 0 Å². The molecule has 0 saturated heterocycles. The molecule has 0 fully saturated rings. The molecule has 1 rings (SSSR count). The Morgan fingerprint density at radius 1 is 1.54 bits per heavy atom. The van der Waals surface area contributed by atoms with E-state index in [-0.39, 0.29) is 12.4 Å². The van der Waals surface area contributed by atoms with Crippen LogP contribution in [-0.2, 0) is 6.54 Å². The van der Waals surface area contributed by atoms with E-state index in [4.69, 9.17) is 9.94 Å². The molecule has 0 spiro atoms. The average Bonchev–Trinajstić information content (AvgIpc) is 2.11. The lowest BCUT2D eigenvalue weighted by Gasteiger charge is -2.08. The molecule has 2 N–H and O–H groups in total. The number of methoxy groups -OCH3 is 1. The van der Waals surface area contributed by atoms with Crippen LogP contribution in [0.2, 0.25) is 0 Å². The van der Waals surface area contributed by atoms with Crippen LogP contribution in [0, 0.1) is 12.7 Å². The Morgan fingerprint density at radius 3 is 2.77 bits per heavy atom. The van der Waals surface area contributed by atoms with Crippen molar-refractivity contribution in [1.29, 1.82) is 0 Å². The second-order valence-corrected chi connectivity index (χ2v) is 2.75. The minimum absolute atomic E-state index is 0.0939. The maximum absolute atomic E-state index is 13.2. The average molecular weight is 185 g/mol. The highest BCUT2D eigenvalue weighted by molar-refractivity contribution is 5.37. The fourth-order valence-corrected chi connectivity index (χ4v) is 1.16. The van der Waals surface area contributed by atoms with Crippen LogP contribution in [0.5, 0.6) is 5.75 Å². The number of hydrogen-bond acceptors (Lipinski definition) is 3. The van der Waals surface area contributed by atoms with Crippen molar-refractivity contribution in [2.75, 3.05) is 7.11 Å². The number of hydrogen-bond donors (Lipinski definition) is 2. The Bertz CT molecular complexity index is 302. The van der Waals surface area contributed by atoms with Crippen molar-refractivity contribution in [2.45, 2.75) is 13.5 Å². The fraction of sp³-hybridized carbons (Fsp3) is 0.333. The second kappa shape index (κ2) is 4.20. The SMILES string of the molecule is COc1cc(F)c(CNO)cc1C. The van der Waals surface area contributed by atoms with Crippen LogP contribution in [0.4, 0.5) is 4.39 Å². The normalized spacial score (nSPS) is 10.2. The molecule has 0 aliphatic heterocycles. The molecule has 13 heavy (non-hydrogen) atoms. The summed E-state index contributed by atoms with van der Waals surface area (Å²) in [5.74, 6) is 0.128. The van der Waals surface area contributed by atoms with Crippen molar-refractivity contribution in [3.63, 3.8) is 0 Å². The number of benzene rings is 1. The van der Waals surface area contributed by atoms with Crippen LogP contribution in [-0.4, -0.2) is 12.3 Å². The molecule has 0 bridgehead atoms. The highest BCUT2D eigenvalue weighted by Crippen LogP contribution is 2.21. The van der Waals surface area contributed by atoms with Gasteiger partial charge in [0.25, 0.3) is 0 Å². The van der Waals surface area contributed by atoms with Gasteiger partial charge in [-0.05, 0) is 18.6 Å². The first kappa shape index (κ1) is 9.95. The number of ether oxygens (including phenoxy) is 1. The van der Waals surface area contributed by atoms with Crippen molar-refractivity contribution in [2.24, 2.45) is 0 Å². The van der Waals surface area contributed by atoms with E-state index in [0.717, 1.165) is 5.56 Å². The first-order chi connectivity index (χ1) is 6.19. The van der Waals surface area contributed by atoms with Crippen LogP contribution < -0.4 is 10.2 Å². The van der Waals surface area contributed by atoms with Gasteiger partial charge in [0.15, 0.2) is 0 Å². The zero-order valence-corrected chi connectivity index (χ0v) is 7.60. The van der Waals surface area contributed by atoms with E-state index >= 15 is 0 Å². The van der Waals surface area contributed by atoms with Gasteiger partial charge in [-0.1, -0.05) is 0 Å². The highest BCUT2D eigenvalue weighted by Gasteiger charge is 2.06. The van der Waals surface area contributed by atoms with E-state index in [0.29, 0.717) is 11.3 Å². The summed E-state index contributed by atoms with van der Waals surface area (Å²) in [5, 5.41) is 8.41. The summed E-state index contributed by atoms with van der Waals surface area (Å²) in [6.07, 6.45) is 0. The molecular weight excluding hydrogens is 173 g/mol. The van der Waals surface area contributed by atoms with Gasteiger partial charge in [0, 0.05) is 18.2 Å². The Balaban J connectivity index is 3.05. The van der Waals surface area contributed by atoms with Gasteiger partial charge in [0.05, 0.1) is 7.11 Å². The third-order valence-electron chi connectivity index (χ3n) is 1.83. The van der Waals surface area contributed by atoms with Crippen LogP contribution in [0.25, 0.3) is 0 Å². The maximum Gasteiger partial charge on any atom is 0.131 e. The molecule has 4 heteroatoms. The number of hydroxylamine groups is 1. The first-order valence-corrected chi connectivity index (χ1v) is 3.89. The molecule has 0 saturated carbocycles. The molecule has 0 atom stereocenters. The third kappa shape index (κ3) is 2.17. The molecule has 0 radical (unpaired) electrons. The van der Waals surface area contributed by atoms with Crippen molar-refractivity contribution < 1.29 is 14.3 Å². The minimum Gasteiger partial charge on any atom is -0.496 e. The highest BCUT2D eigenvalue weighted by atomic mass is 19.1. The van der Waals surface area contributed by atoms with Crippen molar-refractivity contribution >= 4 is 0 Å². The summed E-state index contributed by atoms with van der Waals surface area (Å²) >= 11 is 0. The van der Waals surface area contributed by atoms with Crippen molar-refractivity contribution in [3.8, 4) is 5.75 Å². The van der Waals surface area contributed by atoms with Crippen LogP contribution in [0.3, 0.4) is 0 Å². The van der Waals surface area contributed by atoms with Crippen LogP contribution in [0.15, 0.2) is 12.1 Å². The molecule has 1 aromatic rings. The van der Waals surface area contributed by atoms with E-state index in [1.54, 1.807) is 6.07 Å². The Morgan fingerprint density at radius 2 is 2.23 bits per heavy atom. The topological polar surface area (TPSA) is 41.5 Å². The third-order valence-corrected chi connectivity index (χ3v) is 1.83. The Labute approximate surface area is 76.1 Å². The predicted octanol–water partition coefficient (Wildman–Crippen LogP) is 1.62. The second-order valence-electron chi connectivity index (χ2n) is 2.75. The molecule has 0 heterocycles. The largest absolute Gasteiger partial charge is 0.496 e. The summed E-state index contributed by atoms with van der Waals surface area (Å²) in [5.41, 5.74) is 3.17. The molecule has 0 unspecified atom stereocenters. The molecule has 0 amide bonds. The smallest absolute Gasteiger partial charge is 0.131 e. The molecule has 0 aliphatic rings. The predicted molar refractivity (Wildman–Crippen MR) is 46.3 cm³/mol. The van der Waals surface area contributed by atoms with E-state index in [1.807, 2.05) is 12.4 Å². The summed E-state index contributed by atoms with van der Waals surface area (Å²) in [7, 11) is 1.49. The lowest BCUT2D eigenvalue weighted by Crippen LogP contribution is -2.08. The molecular formula is C9H12FNO2. The van der Waals surface area contributed by atoms with Crippen LogP contribution in [0.1, 0.15) is 11.1 Å². The number of halogens is 1. The summed E-state index contributed by atoms with van der Waals surface area (Å²) in [6, 6.07) is 2.94. The molecule has 72 valence electrons. The lowest BCUT2D eigenvalue weighted by molar-refractivity contribution is 0.160. The zero-order chi connectivity index (χ0) is 9.84. The summed E-state index contributed by atoms with van der Waals surface area (Å²) in [6.45, 7) is 1.91. The quantitative estimate of drug-likeness (QED) is 0.703. The van der Waals surface area contributed by atoms with Crippen LogP contribution >= 0.6 is 0 Å². The van der Waals surface area contributed by atoms with Gasteiger partial charge in [-0.25, -0.2) is 9.87 Å². The van der Waals surface area contributed by atoms with E-state index in [2.05, 4.69) is 0 Å². The van der Waals surface area contributed by atoms with Gasteiger partial charge >= 0.3 is 0 Å². The fourth-order valence-electron chi connectivity index (χ4n) is 1.16. The lowest BCUT2D eigenvalue weighted by atomic mass is 10.1. The van der Waals surface area contributed by atoms with Gasteiger partial charge in [-0.15, -0.1) is 0 Å². The molecule has 0 aromatic heterocycles. The number of rotatable bonds is 3. The summed E-state index contributed by atoms with van der Waals surface area (Å²) in [4.78, 5) is 0.